The number of hydrogen-bond donors (Lipinski definition) is 1. The van der Waals surface area contributed by atoms with E-state index in [0.29, 0.717) is 32.8 Å². The zero-order valence-corrected chi connectivity index (χ0v) is 7.95. The molecule has 0 aromatic rings. The SMILES string of the molecule is CCCNC(=O)[N]N1CCOCC1. The molecular formula is C8H16N3O2. The third-order valence-corrected chi connectivity index (χ3v) is 1.75. The van der Waals surface area contributed by atoms with Crippen LogP contribution in [0.15, 0.2) is 0 Å². The lowest BCUT2D eigenvalue weighted by atomic mass is 10.5. The van der Waals surface area contributed by atoms with E-state index >= 15 is 0 Å². The van der Waals surface area contributed by atoms with Crippen molar-refractivity contribution >= 4 is 6.03 Å². The summed E-state index contributed by atoms with van der Waals surface area (Å²) in [7, 11) is 0. The summed E-state index contributed by atoms with van der Waals surface area (Å²) in [5, 5.41) is 4.44. The second kappa shape index (κ2) is 5.77. The van der Waals surface area contributed by atoms with Gasteiger partial charge in [0.2, 0.25) is 0 Å². The van der Waals surface area contributed by atoms with Crippen LogP contribution < -0.4 is 10.7 Å². The van der Waals surface area contributed by atoms with Crippen molar-refractivity contribution in [2.75, 3.05) is 32.8 Å². The summed E-state index contributed by atoms with van der Waals surface area (Å²) in [6, 6.07) is -0.247. The normalized spacial score (nSPS) is 18.2. The Labute approximate surface area is 78.4 Å². The van der Waals surface area contributed by atoms with E-state index < -0.39 is 0 Å². The molecular weight excluding hydrogens is 170 g/mol. The van der Waals surface area contributed by atoms with Gasteiger partial charge in [0, 0.05) is 19.6 Å². The number of ether oxygens (including phenoxy) is 1. The minimum atomic E-state index is -0.247. The zero-order valence-electron chi connectivity index (χ0n) is 7.95. The maximum Gasteiger partial charge on any atom is 0.353 e. The van der Waals surface area contributed by atoms with Crippen LogP contribution in [0.25, 0.3) is 0 Å². The number of nitrogens with one attached hydrogen (secondary N) is 1. The van der Waals surface area contributed by atoms with Crippen molar-refractivity contribution < 1.29 is 9.53 Å². The first kappa shape index (κ1) is 10.3. The van der Waals surface area contributed by atoms with Crippen LogP contribution in [-0.2, 0) is 4.74 Å². The average molecular weight is 186 g/mol. The molecule has 1 rings (SSSR count). The molecule has 13 heavy (non-hydrogen) atoms. The van der Waals surface area contributed by atoms with Crippen LogP contribution in [0.5, 0.6) is 0 Å². The fourth-order valence-electron chi connectivity index (χ4n) is 1.05. The molecule has 0 atom stereocenters. The number of amides is 2. The van der Waals surface area contributed by atoms with E-state index in [4.69, 9.17) is 4.74 Å². The number of carbonyl (C=O) groups excluding carboxylic acids is 1. The first-order valence-corrected chi connectivity index (χ1v) is 4.65. The lowest BCUT2D eigenvalue weighted by molar-refractivity contribution is 0.0173. The molecule has 5 nitrogen and oxygen atoms in total. The van der Waals surface area contributed by atoms with Gasteiger partial charge in [-0.1, -0.05) is 6.92 Å². The van der Waals surface area contributed by atoms with Gasteiger partial charge in [-0.25, -0.2) is 4.79 Å². The van der Waals surface area contributed by atoms with Crippen LogP contribution in [0.2, 0.25) is 0 Å². The molecule has 0 spiro atoms. The lowest BCUT2D eigenvalue weighted by Crippen LogP contribution is -2.47. The zero-order chi connectivity index (χ0) is 9.52. The average Bonchev–Trinajstić information content (AvgIpc) is 2.16. The van der Waals surface area contributed by atoms with Gasteiger partial charge in [0.1, 0.15) is 0 Å². The van der Waals surface area contributed by atoms with E-state index in [-0.39, 0.29) is 6.03 Å². The Hall–Kier alpha value is -0.810. The molecule has 1 radical (unpaired) electrons. The first-order valence-electron chi connectivity index (χ1n) is 4.65. The predicted octanol–water partition coefficient (Wildman–Crippen LogP) is -0.0424. The number of hydrogen-bond acceptors (Lipinski definition) is 3. The van der Waals surface area contributed by atoms with Crippen molar-refractivity contribution in [1.29, 1.82) is 0 Å². The monoisotopic (exact) mass is 186 g/mol. The quantitative estimate of drug-likeness (QED) is 0.672. The van der Waals surface area contributed by atoms with E-state index in [9.17, 15) is 4.79 Å². The Balaban J connectivity index is 2.11. The van der Waals surface area contributed by atoms with Gasteiger partial charge >= 0.3 is 6.03 Å². The van der Waals surface area contributed by atoms with Crippen molar-refractivity contribution in [2.45, 2.75) is 13.3 Å². The van der Waals surface area contributed by atoms with Crippen LogP contribution in [0.3, 0.4) is 0 Å². The van der Waals surface area contributed by atoms with E-state index in [1.54, 1.807) is 5.01 Å². The molecule has 0 bridgehead atoms. The molecule has 1 saturated heterocycles. The van der Waals surface area contributed by atoms with Gasteiger partial charge in [0.05, 0.1) is 13.2 Å². The summed E-state index contributed by atoms with van der Waals surface area (Å²) in [6.07, 6.45) is 0.935. The Morgan fingerprint density at radius 1 is 1.54 bits per heavy atom. The van der Waals surface area contributed by atoms with Crippen LogP contribution in [0.4, 0.5) is 4.79 Å². The molecule has 0 aromatic carbocycles. The highest BCUT2D eigenvalue weighted by Crippen LogP contribution is 1.93. The number of nitrogens with zero attached hydrogens (tertiary/aromatic N) is 2. The maximum absolute atomic E-state index is 11.1. The first-order chi connectivity index (χ1) is 6.33. The van der Waals surface area contributed by atoms with Crippen LogP contribution >= 0.6 is 0 Å². The molecule has 0 aliphatic carbocycles. The summed E-state index contributed by atoms with van der Waals surface area (Å²) >= 11 is 0. The summed E-state index contributed by atoms with van der Waals surface area (Å²) in [5.41, 5.74) is 3.88. The van der Waals surface area contributed by atoms with Gasteiger partial charge in [0.25, 0.3) is 0 Å². The molecule has 0 aromatic heterocycles. The molecule has 1 N–H and O–H groups in total. The second-order valence-corrected chi connectivity index (χ2v) is 2.90. The molecule has 0 unspecified atom stereocenters. The fourth-order valence-corrected chi connectivity index (χ4v) is 1.05. The van der Waals surface area contributed by atoms with Gasteiger partial charge in [-0.15, -0.1) is 5.43 Å². The van der Waals surface area contributed by atoms with Crippen LogP contribution in [-0.4, -0.2) is 43.9 Å². The molecule has 1 fully saturated rings. The van der Waals surface area contributed by atoms with E-state index in [2.05, 4.69) is 10.7 Å². The second-order valence-electron chi connectivity index (χ2n) is 2.90. The Morgan fingerprint density at radius 3 is 2.85 bits per heavy atom. The van der Waals surface area contributed by atoms with E-state index in [1.807, 2.05) is 6.92 Å². The van der Waals surface area contributed by atoms with E-state index in [0.717, 1.165) is 6.42 Å². The lowest BCUT2D eigenvalue weighted by Gasteiger charge is -2.24. The van der Waals surface area contributed by atoms with Gasteiger partial charge < -0.3 is 10.1 Å². The number of morpholine rings is 1. The Bertz CT molecular complexity index is 157. The van der Waals surface area contributed by atoms with Gasteiger partial charge in [0.15, 0.2) is 0 Å². The van der Waals surface area contributed by atoms with Crippen molar-refractivity contribution in [2.24, 2.45) is 0 Å². The highest BCUT2D eigenvalue weighted by Gasteiger charge is 2.14. The highest BCUT2D eigenvalue weighted by molar-refractivity contribution is 5.72. The number of carbonyl (C=O) groups is 1. The van der Waals surface area contributed by atoms with Crippen molar-refractivity contribution in [1.82, 2.24) is 15.8 Å². The van der Waals surface area contributed by atoms with Crippen molar-refractivity contribution in [3.05, 3.63) is 0 Å². The van der Waals surface area contributed by atoms with Gasteiger partial charge in [-0.05, 0) is 6.42 Å². The largest absolute Gasteiger partial charge is 0.379 e. The number of urea groups is 1. The standard InChI is InChI=1S/C8H16N3O2/c1-2-3-9-8(12)10-11-4-6-13-7-5-11/h2-7H2,1H3,(H,9,12). The highest BCUT2D eigenvalue weighted by atomic mass is 16.5. The van der Waals surface area contributed by atoms with Crippen LogP contribution in [0.1, 0.15) is 13.3 Å². The summed E-state index contributed by atoms with van der Waals surface area (Å²) < 4.78 is 5.13. The third kappa shape index (κ3) is 4.10. The summed E-state index contributed by atoms with van der Waals surface area (Å²) in [4.78, 5) is 11.1. The molecule has 1 heterocycles. The summed E-state index contributed by atoms with van der Waals surface area (Å²) in [6.45, 7) is 5.43. The smallest absolute Gasteiger partial charge is 0.353 e. The predicted molar refractivity (Wildman–Crippen MR) is 48.2 cm³/mol. The van der Waals surface area contributed by atoms with Crippen LogP contribution in [0, 0.1) is 0 Å². The summed E-state index contributed by atoms with van der Waals surface area (Å²) in [5.74, 6) is 0. The van der Waals surface area contributed by atoms with Crippen molar-refractivity contribution in [3.63, 3.8) is 0 Å². The maximum atomic E-state index is 11.1. The number of rotatable bonds is 3. The van der Waals surface area contributed by atoms with Crippen molar-refractivity contribution in [3.8, 4) is 0 Å². The Morgan fingerprint density at radius 2 is 2.23 bits per heavy atom. The minimum Gasteiger partial charge on any atom is -0.379 e. The molecule has 75 valence electrons. The third-order valence-electron chi connectivity index (χ3n) is 1.75. The molecule has 2 amide bonds. The molecule has 5 heteroatoms. The van der Waals surface area contributed by atoms with Gasteiger partial charge in [-0.2, -0.15) is 5.01 Å². The molecule has 1 aliphatic heterocycles. The van der Waals surface area contributed by atoms with Gasteiger partial charge in [-0.3, -0.25) is 0 Å². The minimum absolute atomic E-state index is 0.247. The molecule has 1 aliphatic rings. The fraction of sp³-hybridized carbons (Fsp3) is 0.875. The molecule has 0 saturated carbocycles. The van der Waals surface area contributed by atoms with E-state index in [1.165, 1.54) is 0 Å². The topological polar surface area (TPSA) is 55.7 Å². The Kier molecular flexibility index (Phi) is 4.56.